The Kier molecular flexibility index (Phi) is 3.18. The van der Waals surface area contributed by atoms with Crippen molar-refractivity contribution in [1.29, 1.82) is 0 Å². The van der Waals surface area contributed by atoms with Gasteiger partial charge in [0.1, 0.15) is 5.60 Å². The minimum atomic E-state index is -0.914. The van der Waals surface area contributed by atoms with E-state index >= 15 is 0 Å². The fourth-order valence-electron chi connectivity index (χ4n) is 6.81. The van der Waals surface area contributed by atoms with Crippen molar-refractivity contribution < 1.29 is 9.90 Å². The summed E-state index contributed by atoms with van der Waals surface area (Å²) in [5.41, 5.74) is 0.575. The summed E-state index contributed by atoms with van der Waals surface area (Å²) < 4.78 is 0. The van der Waals surface area contributed by atoms with Gasteiger partial charge in [0, 0.05) is 11.8 Å². The number of terminal acetylenes is 1. The zero-order chi connectivity index (χ0) is 16.5. The number of hydrogen-bond donors (Lipinski definition) is 1. The van der Waals surface area contributed by atoms with Crippen LogP contribution in [0.3, 0.4) is 0 Å². The highest BCUT2D eigenvalue weighted by Gasteiger charge is 2.63. The van der Waals surface area contributed by atoms with Crippen molar-refractivity contribution in [1.82, 2.24) is 0 Å². The van der Waals surface area contributed by atoms with Crippen LogP contribution in [0.25, 0.3) is 0 Å². The number of carbonyl (C=O) groups excluding carboxylic acids is 1. The molecule has 0 aromatic heterocycles. The Hall–Kier alpha value is -1.07. The first kappa shape index (κ1) is 15.5. The molecule has 3 fully saturated rings. The highest BCUT2D eigenvalue weighted by molar-refractivity contribution is 5.91. The normalized spacial score (nSPS) is 52.0. The van der Waals surface area contributed by atoms with Crippen molar-refractivity contribution in [2.45, 2.75) is 70.8 Å². The molecule has 0 aromatic rings. The number of hydrogen-bond acceptors (Lipinski definition) is 2. The van der Waals surface area contributed by atoms with E-state index in [1.165, 1.54) is 12.0 Å². The molecule has 1 N–H and O–H groups in total. The molecule has 23 heavy (non-hydrogen) atoms. The third-order valence-corrected chi connectivity index (χ3v) is 8.35. The molecular weight excluding hydrogens is 284 g/mol. The predicted molar refractivity (Wildman–Crippen MR) is 90.5 cm³/mol. The fraction of sp³-hybridized carbons (Fsp3) is 0.762. The molecule has 4 rings (SSSR count). The van der Waals surface area contributed by atoms with Gasteiger partial charge >= 0.3 is 0 Å². The van der Waals surface area contributed by atoms with E-state index in [0.717, 1.165) is 38.5 Å². The second-order valence-electron chi connectivity index (χ2n) is 8.97. The number of aliphatic hydroxyl groups is 1. The quantitative estimate of drug-likeness (QED) is 0.689. The lowest BCUT2D eigenvalue weighted by atomic mass is 9.46. The van der Waals surface area contributed by atoms with E-state index in [1.54, 1.807) is 0 Å². The summed E-state index contributed by atoms with van der Waals surface area (Å²) in [6.45, 7) is 4.63. The van der Waals surface area contributed by atoms with E-state index < -0.39 is 5.60 Å². The molecule has 2 heteroatoms. The summed E-state index contributed by atoms with van der Waals surface area (Å²) in [5, 5.41) is 11.0. The molecule has 0 bridgehead atoms. The zero-order valence-electron chi connectivity index (χ0n) is 14.4. The van der Waals surface area contributed by atoms with E-state index in [9.17, 15) is 9.90 Å². The van der Waals surface area contributed by atoms with Crippen LogP contribution in [0.1, 0.15) is 65.2 Å². The number of fused-ring (bicyclic) bond motifs is 5. The first-order valence-electron chi connectivity index (χ1n) is 9.28. The molecule has 0 aliphatic heterocycles. The van der Waals surface area contributed by atoms with Crippen molar-refractivity contribution in [2.75, 3.05) is 0 Å². The molecule has 3 saturated carbocycles. The van der Waals surface area contributed by atoms with E-state index in [-0.39, 0.29) is 10.8 Å². The van der Waals surface area contributed by atoms with Gasteiger partial charge in [-0.05, 0) is 74.2 Å². The lowest BCUT2D eigenvalue weighted by Crippen LogP contribution is -2.54. The van der Waals surface area contributed by atoms with Crippen LogP contribution < -0.4 is 0 Å². The van der Waals surface area contributed by atoms with Gasteiger partial charge < -0.3 is 5.11 Å². The van der Waals surface area contributed by atoms with Crippen LogP contribution in [-0.4, -0.2) is 16.5 Å². The molecule has 0 spiro atoms. The van der Waals surface area contributed by atoms with Crippen molar-refractivity contribution >= 4 is 5.78 Å². The van der Waals surface area contributed by atoms with Gasteiger partial charge in [0.05, 0.1) is 0 Å². The average Bonchev–Trinajstić information content (AvgIpc) is 2.80. The van der Waals surface area contributed by atoms with Crippen molar-refractivity contribution in [2.24, 2.45) is 28.6 Å². The Labute approximate surface area is 139 Å². The van der Waals surface area contributed by atoms with Gasteiger partial charge in [-0.1, -0.05) is 25.3 Å². The average molecular weight is 312 g/mol. The summed E-state index contributed by atoms with van der Waals surface area (Å²) >= 11 is 0. The lowest BCUT2D eigenvalue weighted by Gasteiger charge is -2.58. The molecule has 0 saturated heterocycles. The second kappa shape index (κ2) is 4.73. The van der Waals surface area contributed by atoms with Crippen LogP contribution in [0.15, 0.2) is 11.6 Å². The van der Waals surface area contributed by atoms with Gasteiger partial charge in [-0.15, -0.1) is 6.42 Å². The van der Waals surface area contributed by atoms with Gasteiger partial charge in [-0.2, -0.15) is 0 Å². The lowest BCUT2D eigenvalue weighted by molar-refractivity contribution is -0.119. The number of allylic oxidation sites excluding steroid dienone is 1. The Morgan fingerprint density at radius 2 is 1.87 bits per heavy atom. The van der Waals surface area contributed by atoms with Gasteiger partial charge in [0.25, 0.3) is 0 Å². The van der Waals surface area contributed by atoms with Gasteiger partial charge in [0.15, 0.2) is 5.78 Å². The van der Waals surface area contributed by atoms with Crippen LogP contribution in [-0.2, 0) is 4.79 Å². The van der Waals surface area contributed by atoms with Crippen LogP contribution in [0.2, 0.25) is 0 Å². The van der Waals surface area contributed by atoms with E-state index in [0.29, 0.717) is 30.0 Å². The smallest absolute Gasteiger partial charge is 0.155 e. The standard InChI is InChI=1S/C21H28O2/c1-4-21(23)12-9-18-16-6-5-14-13-15(22)7-10-19(14,2)17(16)8-11-20(18,21)3/h1,13,16-18,23H,5-12H2,2-3H3/t16?,17?,18-,19-,20-,21-/m0/s1. The van der Waals surface area contributed by atoms with Crippen LogP contribution in [0.5, 0.6) is 0 Å². The molecule has 124 valence electrons. The molecule has 2 unspecified atom stereocenters. The molecule has 0 radical (unpaired) electrons. The van der Waals surface area contributed by atoms with Gasteiger partial charge in [-0.25, -0.2) is 0 Å². The third-order valence-electron chi connectivity index (χ3n) is 8.35. The van der Waals surface area contributed by atoms with Gasteiger partial charge in [0.2, 0.25) is 0 Å². The maximum Gasteiger partial charge on any atom is 0.155 e. The minimum absolute atomic E-state index is 0.120. The Morgan fingerprint density at radius 1 is 1.13 bits per heavy atom. The molecule has 4 aliphatic rings. The Bertz CT molecular complexity index is 626. The van der Waals surface area contributed by atoms with Gasteiger partial charge in [-0.3, -0.25) is 4.79 Å². The maximum atomic E-state index is 11.8. The fourth-order valence-corrected chi connectivity index (χ4v) is 6.81. The molecule has 2 nitrogen and oxygen atoms in total. The molecule has 0 amide bonds. The van der Waals surface area contributed by atoms with Crippen molar-refractivity contribution in [3.05, 3.63) is 11.6 Å². The largest absolute Gasteiger partial charge is 0.377 e. The van der Waals surface area contributed by atoms with E-state index in [2.05, 4.69) is 19.8 Å². The van der Waals surface area contributed by atoms with E-state index in [4.69, 9.17) is 6.42 Å². The summed E-state index contributed by atoms with van der Waals surface area (Å²) in [7, 11) is 0. The van der Waals surface area contributed by atoms with Crippen LogP contribution in [0, 0.1) is 40.9 Å². The first-order valence-corrected chi connectivity index (χ1v) is 9.28. The SMILES string of the molecule is C#C[C@]1(O)CC[C@H]2C3CCC4=CC(=O)CC[C@]4(C)C3CC[C@@]21C. The summed E-state index contributed by atoms with van der Waals surface area (Å²) in [6.07, 6.45) is 15.6. The molecule has 0 heterocycles. The minimum Gasteiger partial charge on any atom is -0.377 e. The molecular formula is C21H28O2. The second-order valence-corrected chi connectivity index (χ2v) is 8.97. The number of rotatable bonds is 0. The first-order chi connectivity index (χ1) is 10.8. The Balaban J connectivity index is 1.70. The van der Waals surface area contributed by atoms with Crippen molar-refractivity contribution in [3.63, 3.8) is 0 Å². The Morgan fingerprint density at radius 3 is 2.61 bits per heavy atom. The molecule has 4 aliphatic carbocycles. The van der Waals surface area contributed by atoms with Crippen LogP contribution in [0.4, 0.5) is 0 Å². The number of ketones is 1. The third kappa shape index (κ3) is 1.84. The molecule has 0 aromatic carbocycles. The monoisotopic (exact) mass is 312 g/mol. The van der Waals surface area contributed by atoms with Crippen molar-refractivity contribution in [3.8, 4) is 12.3 Å². The van der Waals surface area contributed by atoms with E-state index in [1.807, 2.05) is 6.08 Å². The summed E-state index contributed by atoms with van der Waals surface area (Å²) in [5.74, 6) is 4.93. The summed E-state index contributed by atoms with van der Waals surface area (Å²) in [6, 6.07) is 0. The highest BCUT2D eigenvalue weighted by atomic mass is 16.3. The maximum absolute atomic E-state index is 11.8. The van der Waals surface area contributed by atoms with Crippen LogP contribution >= 0.6 is 0 Å². The predicted octanol–water partition coefficient (Wildman–Crippen LogP) is 3.88. The molecule has 6 atom stereocenters. The zero-order valence-corrected chi connectivity index (χ0v) is 14.4. The topological polar surface area (TPSA) is 37.3 Å². The number of carbonyl (C=O) groups is 1. The summed E-state index contributed by atoms with van der Waals surface area (Å²) in [4.78, 5) is 11.8. The highest BCUT2D eigenvalue weighted by Crippen LogP contribution is 2.67.